The number of pyridine rings is 2. The predicted molar refractivity (Wildman–Crippen MR) is 126 cm³/mol. The summed E-state index contributed by atoms with van der Waals surface area (Å²) in [4.78, 5) is 18.3. The van der Waals surface area contributed by atoms with Gasteiger partial charge in [-0.2, -0.15) is 5.10 Å². The average Bonchev–Trinajstić information content (AvgIpc) is 3.08. The number of nitrogens with two attached hydrogens (primary N) is 1. The Morgan fingerprint density at radius 1 is 1.09 bits per heavy atom. The van der Waals surface area contributed by atoms with Gasteiger partial charge in [-0.05, 0) is 48.6 Å². The van der Waals surface area contributed by atoms with E-state index in [4.69, 9.17) is 10.7 Å². The van der Waals surface area contributed by atoms with Gasteiger partial charge in [-0.3, -0.25) is 9.67 Å². The van der Waals surface area contributed by atoms with Crippen LogP contribution in [0.4, 0.5) is 17.5 Å². The number of fused-ring (bicyclic) bond motifs is 2. The fraction of sp³-hybridized carbons (Fsp3) is 0.208. The first kappa shape index (κ1) is 18.7. The second-order valence-corrected chi connectivity index (χ2v) is 8.23. The van der Waals surface area contributed by atoms with Crippen molar-refractivity contribution in [2.45, 2.75) is 25.2 Å². The van der Waals surface area contributed by atoms with E-state index in [0.717, 1.165) is 38.8 Å². The molecule has 1 saturated carbocycles. The summed E-state index contributed by atoms with van der Waals surface area (Å²) in [6.45, 7) is 0. The van der Waals surface area contributed by atoms with Crippen LogP contribution < -0.4 is 11.1 Å². The Labute approximate surface area is 184 Å². The zero-order chi connectivity index (χ0) is 21.7. The monoisotopic (exact) mass is 422 g/mol. The smallest absolute Gasteiger partial charge is 0.162 e. The maximum atomic E-state index is 6.42. The molecule has 1 fully saturated rings. The molecule has 5 aromatic rings. The summed E-state index contributed by atoms with van der Waals surface area (Å²) in [5.74, 6) is 2.97. The number of benzene rings is 1. The Hall–Kier alpha value is -4.07. The number of aryl methyl sites for hydroxylation is 1. The molecule has 32 heavy (non-hydrogen) atoms. The molecular weight excluding hydrogens is 400 g/mol. The van der Waals surface area contributed by atoms with Crippen molar-refractivity contribution in [3.05, 3.63) is 60.6 Å². The summed E-state index contributed by atoms with van der Waals surface area (Å²) in [7, 11) is 1.93. The van der Waals surface area contributed by atoms with Crippen LogP contribution in [0, 0.1) is 0 Å². The van der Waals surface area contributed by atoms with Gasteiger partial charge >= 0.3 is 0 Å². The lowest BCUT2D eigenvalue weighted by atomic mass is 9.79. The minimum atomic E-state index is 0.497. The molecule has 0 unspecified atom stereocenters. The van der Waals surface area contributed by atoms with Gasteiger partial charge in [-0.1, -0.05) is 18.6 Å². The number of rotatable bonds is 4. The minimum Gasteiger partial charge on any atom is -0.383 e. The number of aromatic nitrogens is 6. The quantitative estimate of drug-likeness (QED) is 0.437. The van der Waals surface area contributed by atoms with E-state index in [0.29, 0.717) is 23.4 Å². The van der Waals surface area contributed by atoms with E-state index in [9.17, 15) is 0 Å². The van der Waals surface area contributed by atoms with Crippen molar-refractivity contribution < 1.29 is 0 Å². The molecule has 0 atom stereocenters. The highest BCUT2D eigenvalue weighted by molar-refractivity contribution is 5.93. The van der Waals surface area contributed by atoms with Gasteiger partial charge in [0.2, 0.25) is 0 Å². The normalized spacial score (nSPS) is 14.0. The Kier molecular flexibility index (Phi) is 4.24. The fourth-order valence-corrected chi connectivity index (χ4v) is 4.36. The number of anilines is 3. The summed E-state index contributed by atoms with van der Waals surface area (Å²) in [6.07, 6.45) is 9.00. The maximum absolute atomic E-state index is 6.42. The molecule has 1 aliphatic rings. The SMILES string of the molecule is Cn1nc(Nc2cc(-c3nc(N)c4c(C5CCC5)cncc4n3)ccn2)c2ccccc21. The number of hydrogen-bond acceptors (Lipinski definition) is 7. The highest BCUT2D eigenvalue weighted by atomic mass is 15.3. The minimum absolute atomic E-state index is 0.497. The van der Waals surface area contributed by atoms with Crippen molar-refractivity contribution in [1.29, 1.82) is 0 Å². The van der Waals surface area contributed by atoms with Crippen LogP contribution in [0.2, 0.25) is 0 Å². The average molecular weight is 422 g/mol. The van der Waals surface area contributed by atoms with E-state index >= 15 is 0 Å². The molecule has 0 radical (unpaired) electrons. The van der Waals surface area contributed by atoms with E-state index in [1.165, 1.54) is 19.3 Å². The van der Waals surface area contributed by atoms with Crippen molar-refractivity contribution >= 4 is 39.3 Å². The molecule has 0 bridgehead atoms. The van der Waals surface area contributed by atoms with Crippen molar-refractivity contribution in [3.63, 3.8) is 0 Å². The van der Waals surface area contributed by atoms with Crippen LogP contribution in [0.1, 0.15) is 30.7 Å². The van der Waals surface area contributed by atoms with Crippen molar-refractivity contribution in [3.8, 4) is 11.4 Å². The van der Waals surface area contributed by atoms with E-state index in [2.05, 4.69) is 25.4 Å². The molecule has 1 aromatic carbocycles. The summed E-state index contributed by atoms with van der Waals surface area (Å²) >= 11 is 0. The molecule has 4 heterocycles. The first-order chi connectivity index (χ1) is 15.7. The molecule has 1 aliphatic carbocycles. The largest absolute Gasteiger partial charge is 0.383 e. The highest BCUT2D eigenvalue weighted by Gasteiger charge is 2.24. The predicted octanol–water partition coefficient (Wildman–Crippen LogP) is 4.57. The molecule has 0 saturated heterocycles. The second kappa shape index (κ2) is 7.26. The van der Waals surface area contributed by atoms with Crippen LogP contribution in [-0.2, 0) is 7.05 Å². The highest BCUT2D eigenvalue weighted by Crippen LogP contribution is 2.40. The second-order valence-electron chi connectivity index (χ2n) is 8.23. The third-order valence-electron chi connectivity index (χ3n) is 6.23. The lowest BCUT2D eigenvalue weighted by Gasteiger charge is -2.26. The Bertz CT molecular complexity index is 1470. The zero-order valence-corrected chi connectivity index (χ0v) is 17.7. The molecule has 4 aromatic heterocycles. The summed E-state index contributed by atoms with van der Waals surface area (Å²) in [5, 5.41) is 9.88. The topological polar surface area (TPSA) is 107 Å². The number of nitrogens with zero attached hydrogens (tertiary/aromatic N) is 6. The van der Waals surface area contributed by atoms with Gasteiger partial charge in [0.05, 0.1) is 17.2 Å². The maximum Gasteiger partial charge on any atom is 0.162 e. The first-order valence-electron chi connectivity index (χ1n) is 10.7. The number of hydrogen-bond donors (Lipinski definition) is 2. The van der Waals surface area contributed by atoms with Crippen LogP contribution in [0.15, 0.2) is 55.0 Å². The third kappa shape index (κ3) is 3.03. The zero-order valence-electron chi connectivity index (χ0n) is 17.7. The first-order valence-corrected chi connectivity index (χ1v) is 10.7. The number of nitrogen functional groups attached to an aromatic ring is 1. The van der Waals surface area contributed by atoms with Crippen LogP contribution >= 0.6 is 0 Å². The molecular formula is C24H22N8. The van der Waals surface area contributed by atoms with Crippen molar-refractivity contribution in [2.75, 3.05) is 11.1 Å². The van der Waals surface area contributed by atoms with Crippen molar-refractivity contribution in [2.24, 2.45) is 7.05 Å². The molecule has 0 spiro atoms. The van der Waals surface area contributed by atoms with Crippen LogP contribution in [-0.4, -0.2) is 29.7 Å². The molecule has 8 heteroatoms. The summed E-state index contributed by atoms with van der Waals surface area (Å²) in [5.41, 5.74) is 10.2. The molecule has 6 rings (SSSR count). The Balaban J connectivity index is 1.38. The number of nitrogens with one attached hydrogen (secondary N) is 1. The third-order valence-corrected chi connectivity index (χ3v) is 6.23. The van der Waals surface area contributed by atoms with Gasteiger partial charge < -0.3 is 11.1 Å². The van der Waals surface area contributed by atoms with Crippen LogP contribution in [0.3, 0.4) is 0 Å². The van der Waals surface area contributed by atoms with Crippen LogP contribution in [0.25, 0.3) is 33.2 Å². The van der Waals surface area contributed by atoms with E-state index in [-0.39, 0.29) is 0 Å². The van der Waals surface area contributed by atoms with E-state index in [1.54, 1.807) is 12.4 Å². The standard InChI is InChI=1S/C24H22N8/c1-32-19-8-3-2-7-16(19)24(31-32)29-20-11-15(9-10-27-20)23-28-18-13-26-12-17(14-5-4-6-14)21(18)22(25)30-23/h2-3,7-14H,4-6H2,1H3,(H2,25,28,30)(H,27,29,31). The van der Waals surface area contributed by atoms with Gasteiger partial charge in [0.25, 0.3) is 0 Å². The van der Waals surface area contributed by atoms with Gasteiger partial charge in [0.15, 0.2) is 11.6 Å². The number of para-hydroxylation sites is 1. The van der Waals surface area contributed by atoms with Gasteiger partial charge in [0, 0.05) is 35.8 Å². The molecule has 3 N–H and O–H groups in total. The lowest BCUT2D eigenvalue weighted by molar-refractivity contribution is 0.421. The summed E-state index contributed by atoms with van der Waals surface area (Å²) in [6, 6.07) is 11.9. The fourth-order valence-electron chi connectivity index (χ4n) is 4.36. The molecule has 158 valence electrons. The van der Waals surface area contributed by atoms with Gasteiger partial charge in [-0.15, -0.1) is 0 Å². The summed E-state index contributed by atoms with van der Waals surface area (Å²) < 4.78 is 1.85. The Morgan fingerprint density at radius 2 is 1.97 bits per heavy atom. The van der Waals surface area contributed by atoms with Gasteiger partial charge in [-0.25, -0.2) is 15.0 Å². The lowest BCUT2D eigenvalue weighted by Crippen LogP contribution is -2.11. The molecule has 0 amide bonds. The van der Waals surface area contributed by atoms with E-state index in [1.807, 2.05) is 54.3 Å². The van der Waals surface area contributed by atoms with Gasteiger partial charge in [0.1, 0.15) is 11.6 Å². The molecule has 8 nitrogen and oxygen atoms in total. The Morgan fingerprint density at radius 3 is 2.81 bits per heavy atom. The van der Waals surface area contributed by atoms with Crippen molar-refractivity contribution in [1.82, 2.24) is 29.7 Å². The molecule has 0 aliphatic heterocycles. The van der Waals surface area contributed by atoms with Crippen LogP contribution in [0.5, 0.6) is 0 Å². The van der Waals surface area contributed by atoms with E-state index < -0.39 is 0 Å².